The van der Waals surface area contributed by atoms with Crippen molar-refractivity contribution in [3.8, 4) is 0 Å². The molecular weight excluding hydrogens is 424 g/mol. The predicted molar refractivity (Wildman–Crippen MR) is 114 cm³/mol. The maximum atomic E-state index is 12.6. The van der Waals surface area contributed by atoms with E-state index in [9.17, 15) is 9.59 Å². The van der Waals surface area contributed by atoms with E-state index in [1.165, 1.54) is 21.3 Å². The summed E-state index contributed by atoms with van der Waals surface area (Å²) in [5.74, 6) is -2.01. The van der Waals surface area contributed by atoms with Crippen LogP contribution >= 0.6 is 0 Å². The highest BCUT2D eigenvalue weighted by Crippen LogP contribution is 2.53. The molecule has 10 heteroatoms. The maximum absolute atomic E-state index is 12.6. The van der Waals surface area contributed by atoms with E-state index >= 15 is 0 Å². The van der Waals surface area contributed by atoms with Crippen LogP contribution in [0.3, 0.4) is 0 Å². The van der Waals surface area contributed by atoms with Crippen molar-refractivity contribution in [3.05, 3.63) is 0 Å². The van der Waals surface area contributed by atoms with Crippen molar-refractivity contribution in [1.82, 2.24) is 0 Å². The normalized spacial score (nSPS) is 31.2. The summed E-state index contributed by atoms with van der Waals surface area (Å²) in [6.45, 7) is 14.3. The number of esters is 2. The minimum atomic E-state index is -2.23. The number of carbonyl (C=O) groups is 2. The topological polar surface area (TPSA) is 98.8 Å². The molecule has 2 rings (SSSR count). The molecule has 31 heavy (non-hydrogen) atoms. The molecule has 0 aromatic heterocycles. The van der Waals surface area contributed by atoms with Crippen LogP contribution in [0.2, 0.25) is 18.1 Å². The molecule has 5 atom stereocenters. The second kappa shape index (κ2) is 9.07. The first kappa shape index (κ1) is 26.2. The van der Waals surface area contributed by atoms with Gasteiger partial charge in [0, 0.05) is 13.7 Å². The van der Waals surface area contributed by atoms with E-state index in [4.69, 9.17) is 32.8 Å². The lowest BCUT2D eigenvalue weighted by Gasteiger charge is -2.43. The summed E-state index contributed by atoms with van der Waals surface area (Å²) in [5, 5.41) is -0.0663. The van der Waals surface area contributed by atoms with E-state index in [0.717, 1.165) is 0 Å². The molecule has 0 spiro atoms. The van der Waals surface area contributed by atoms with Crippen molar-refractivity contribution in [2.45, 2.75) is 89.6 Å². The Balaban J connectivity index is 2.54. The Bertz CT molecular complexity index is 672. The lowest BCUT2D eigenvalue weighted by Crippen LogP contribution is -2.56. The van der Waals surface area contributed by atoms with Crippen LogP contribution in [0.1, 0.15) is 41.0 Å². The Hall–Kier alpha value is -1.04. The molecule has 180 valence electrons. The first-order chi connectivity index (χ1) is 14.1. The van der Waals surface area contributed by atoms with Crippen molar-refractivity contribution < 1.29 is 42.4 Å². The van der Waals surface area contributed by atoms with Gasteiger partial charge in [0.1, 0.15) is 12.2 Å². The molecule has 0 unspecified atom stereocenters. The minimum Gasteiger partial charge on any atom is -0.469 e. The van der Waals surface area contributed by atoms with E-state index in [1.807, 2.05) is 0 Å². The first-order valence-electron chi connectivity index (χ1n) is 10.5. The number of ether oxygens (including phenoxy) is 6. The molecule has 2 heterocycles. The van der Waals surface area contributed by atoms with Gasteiger partial charge in [-0.15, -0.1) is 0 Å². The zero-order chi connectivity index (χ0) is 23.8. The van der Waals surface area contributed by atoms with Gasteiger partial charge >= 0.3 is 11.9 Å². The van der Waals surface area contributed by atoms with Crippen molar-refractivity contribution in [3.63, 3.8) is 0 Å². The van der Waals surface area contributed by atoms with Gasteiger partial charge in [-0.25, -0.2) is 4.79 Å². The predicted octanol–water partition coefficient (Wildman–Crippen LogP) is 2.62. The van der Waals surface area contributed by atoms with Crippen LogP contribution in [0.25, 0.3) is 0 Å². The minimum absolute atomic E-state index is 0.0663. The quantitative estimate of drug-likeness (QED) is 0.398. The van der Waals surface area contributed by atoms with Gasteiger partial charge in [-0.3, -0.25) is 4.79 Å². The highest BCUT2D eigenvalue weighted by molar-refractivity contribution is 6.74. The molecule has 0 N–H and O–H groups in total. The second-order valence-electron chi connectivity index (χ2n) is 10.2. The van der Waals surface area contributed by atoms with Gasteiger partial charge in [-0.1, -0.05) is 20.8 Å². The third-order valence-corrected chi connectivity index (χ3v) is 11.1. The number of methoxy groups -OCH3 is 3. The molecule has 9 nitrogen and oxygen atoms in total. The van der Waals surface area contributed by atoms with Crippen LogP contribution in [-0.2, 0) is 42.4 Å². The molecule has 2 aliphatic heterocycles. The Morgan fingerprint density at radius 1 is 1.06 bits per heavy atom. The van der Waals surface area contributed by atoms with Crippen LogP contribution < -0.4 is 0 Å². The Kier molecular flexibility index (Phi) is 7.67. The van der Waals surface area contributed by atoms with Crippen molar-refractivity contribution in [2.75, 3.05) is 27.9 Å². The van der Waals surface area contributed by atoms with E-state index in [2.05, 4.69) is 33.9 Å². The number of hydrogen-bond acceptors (Lipinski definition) is 9. The summed E-state index contributed by atoms with van der Waals surface area (Å²) in [6.07, 6.45) is -3.56. The SMILES string of the molecule is COC(=O)C[C@@]1(CO[Si](C)(C)C(C)(C)C)[C@@H]([C@@H](OC)C(=O)OC)O[C@@H]2OC(C)(C)O[C@@H]21. The third-order valence-electron chi connectivity index (χ3n) is 6.64. The molecule has 0 aliphatic carbocycles. The molecule has 0 bridgehead atoms. The average molecular weight is 463 g/mol. The largest absolute Gasteiger partial charge is 0.469 e. The molecule has 0 aromatic carbocycles. The highest BCUT2D eigenvalue weighted by atomic mass is 28.4. The smallest absolute Gasteiger partial charge is 0.337 e. The van der Waals surface area contributed by atoms with Crippen molar-refractivity contribution >= 4 is 20.3 Å². The molecule has 0 saturated carbocycles. The zero-order valence-electron chi connectivity index (χ0n) is 20.4. The summed E-state index contributed by atoms with van der Waals surface area (Å²) in [6, 6.07) is 0. The van der Waals surface area contributed by atoms with E-state index < -0.39 is 56.1 Å². The fraction of sp³-hybridized carbons (Fsp3) is 0.905. The number of rotatable bonds is 8. The number of carbonyl (C=O) groups excluding carboxylic acids is 2. The molecule has 0 radical (unpaired) electrons. The summed E-state index contributed by atoms with van der Waals surface area (Å²) >= 11 is 0. The second-order valence-corrected chi connectivity index (χ2v) is 15.0. The van der Waals surface area contributed by atoms with Crippen LogP contribution in [-0.4, -0.2) is 78.6 Å². The van der Waals surface area contributed by atoms with Gasteiger partial charge in [0.15, 0.2) is 26.5 Å². The number of hydrogen-bond donors (Lipinski definition) is 0. The van der Waals surface area contributed by atoms with Gasteiger partial charge < -0.3 is 32.8 Å². The molecule has 0 amide bonds. The fourth-order valence-corrected chi connectivity index (χ4v) is 4.84. The Morgan fingerprint density at radius 3 is 2.16 bits per heavy atom. The number of fused-ring (bicyclic) bond motifs is 1. The van der Waals surface area contributed by atoms with E-state index in [1.54, 1.807) is 13.8 Å². The molecule has 2 fully saturated rings. The third kappa shape index (κ3) is 5.14. The van der Waals surface area contributed by atoms with Crippen LogP contribution in [0, 0.1) is 5.41 Å². The van der Waals surface area contributed by atoms with Crippen LogP contribution in [0.4, 0.5) is 0 Å². The van der Waals surface area contributed by atoms with Crippen molar-refractivity contribution in [1.29, 1.82) is 0 Å². The van der Waals surface area contributed by atoms with Gasteiger partial charge in [0.05, 0.1) is 26.1 Å². The standard InChI is InChI=1S/C21H38O9Si/c1-19(2,3)31(9,10)27-12-21(11-13(22)24-6)15(14(25-7)17(23)26-8)28-18-16(21)29-20(4,5)30-18/h14-16,18H,11-12H2,1-10H3/t14-,15-,16+,18-,21-/m1/s1. The lowest BCUT2D eigenvalue weighted by molar-refractivity contribution is -0.238. The van der Waals surface area contributed by atoms with E-state index in [0.29, 0.717) is 0 Å². The highest BCUT2D eigenvalue weighted by Gasteiger charge is 2.67. The molecule has 2 aliphatic rings. The Labute approximate surface area is 186 Å². The monoisotopic (exact) mass is 462 g/mol. The average Bonchev–Trinajstić information content (AvgIpc) is 3.11. The van der Waals surface area contributed by atoms with Crippen LogP contribution in [0.5, 0.6) is 0 Å². The van der Waals surface area contributed by atoms with Gasteiger partial charge in [0.25, 0.3) is 0 Å². The zero-order valence-corrected chi connectivity index (χ0v) is 21.4. The molecule has 0 aromatic rings. The van der Waals surface area contributed by atoms with Gasteiger partial charge in [0.2, 0.25) is 0 Å². The summed E-state index contributed by atoms with van der Waals surface area (Å²) in [7, 11) is 1.75. The summed E-state index contributed by atoms with van der Waals surface area (Å²) < 4.78 is 40.2. The molecule has 2 saturated heterocycles. The lowest BCUT2D eigenvalue weighted by atomic mass is 9.74. The van der Waals surface area contributed by atoms with E-state index in [-0.39, 0.29) is 18.1 Å². The summed E-state index contributed by atoms with van der Waals surface area (Å²) in [4.78, 5) is 25.1. The first-order valence-corrected chi connectivity index (χ1v) is 13.4. The Morgan fingerprint density at radius 2 is 1.68 bits per heavy atom. The molecular formula is C21H38O9Si. The van der Waals surface area contributed by atoms with Gasteiger partial charge in [-0.05, 0) is 32.0 Å². The van der Waals surface area contributed by atoms with Crippen LogP contribution in [0.15, 0.2) is 0 Å². The maximum Gasteiger partial charge on any atom is 0.337 e. The van der Waals surface area contributed by atoms with Gasteiger partial charge in [-0.2, -0.15) is 0 Å². The summed E-state index contributed by atoms with van der Waals surface area (Å²) in [5.41, 5.74) is -1.09. The fourth-order valence-electron chi connectivity index (χ4n) is 3.78. The van der Waals surface area contributed by atoms with Crippen molar-refractivity contribution in [2.24, 2.45) is 5.41 Å².